The summed E-state index contributed by atoms with van der Waals surface area (Å²) in [7, 11) is 0. The molecule has 6 heteroatoms. The summed E-state index contributed by atoms with van der Waals surface area (Å²) >= 11 is 0. The number of nitrogens with zero attached hydrogens (tertiary/aromatic N) is 2. The van der Waals surface area contributed by atoms with Gasteiger partial charge in [-0.2, -0.15) is 0 Å². The molecule has 5 rings (SSSR count). The van der Waals surface area contributed by atoms with Gasteiger partial charge in [-0.1, -0.05) is 48.5 Å². The van der Waals surface area contributed by atoms with E-state index >= 15 is 0 Å². The predicted molar refractivity (Wildman–Crippen MR) is 133 cm³/mol. The number of ether oxygens (including phenoxy) is 2. The van der Waals surface area contributed by atoms with Crippen molar-refractivity contribution in [1.29, 1.82) is 0 Å². The van der Waals surface area contributed by atoms with Crippen molar-refractivity contribution < 1.29 is 21.1 Å². The Balaban J connectivity index is 0.00000336. The number of para-hydroxylation sites is 1. The summed E-state index contributed by atoms with van der Waals surface area (Å²) in [6.07, 6.45) is 2.16. The number of carbonyl (C=O) groups excluding carboxylic acids is 1. The minimum Gasteiger partial charge on any atom is -0.454 e. The molecule has 2 aliphatic rings. The van der Waals surface area contributed by atoms with Crippen LogP contribution in [0, 0.1) is 0 Å². The molecule has 1 amide bonds. The number of halogens is 1. The summed E-state index contributed by atoms with van der Waals surface area (Å²) in [5.41, 5.74) is 1.49. The molecule has 0 N–H and O–H groups in total. The van der Waals surface area contributed by atoms with Crippen molar-refractivity contribution in [2.24, 2.45) is 0 Å². The van der Waals surface area contributed by atoms with Crippen molar-refractivity contribution >= 4 is 24.0 Å². The predicted octanol–water partition coefficient (Wildman–Crippen LogP) is 5.19. The van der Waals surface area contributed by atoms with Crippen LogP contribution in [0.5, 0.6) is 11.5 Å². The van der Waals surface area contributed by atoms with Gasteiger partial charge in [0.15, 0.2) is 11.5 Å². The molecule has 1 saturated heterocycles. The van der Waals surface area contributed by atoms with Crippen molar-refractivity contribution in [2.45, 2.75) is 25.3 Å². The highest BCUT2D eigenvalue weighted by atomic mass is 35.5. The zero-order chi connectivity index (χ0) is 26.1. The summed E-state index contributed by atoms with van der Waals surface area (Å²) in [5.74, 6) is 0.555. The number of carbonyl (C=O) groups is 1. The van der Waals surface area contributed by atoms with Crippen molar-refractivity contribution in [2.75, 3.05) is 31.3 Å². The molecular weight excluding hydrogens is 436 g/mol. The molecule has 0 aromatic heterocycles. The van der Waals surface area contributed by atoms with Crippen LogP contribution in [-0.2, 0) is 6.42 Å². The summed E-state index contributed by atoms with van der Waals surface area (Å²) < 4.78 is 52.2. The van der Waals surface area contributed by atoms with Crippen LogP contribution < -0.4 is 14.4 Å². The first-order chi connectivity index (χ1) is 17.8. The Hall–Kier alpha value is -3.02. The number of rotatable bonds is 6. The fourth-order valence-electron chi connectivity index (χ4n) is 4.32. The maximum absolute atomic E-state index is 13.9. The van der Waals surface area contributed by atoms with Crippen molar-refractivity contribution in [3.63, 3.8) is 0 Å². The first-order valence-corrected chi connectivity index (χ1v) is 10.9. The molecule has 3 aromatic carbocycles. The van der Waals surface area contributed by atoms with Crippen LogP contribution in [0.3, 0.4) is 0 Å². The Morgan fingerprint density at radius 1 is 1.00 bits per heavy atom. The van der Waals surface area contributed by atoms with Gasteiger partial charge in [0.25, 0.3) is 5.91 Å². The van der Waals surface area contributed by atoms with Gasteiger partial charge in [-0.05, 0) is 55.1 Å². The van der Waals surface area contributed by atoms with Gasteiger partial charge in [0.05, 0.1) is 6.85 Å². The van der Waals surface area contributed by atoms with Gasteiger partial charge in [0.1, 0.15) is 0 Å². The van der Waals surface area contributed by atoms with Crippen molar-refractivity contribution in [1.82, 2.24) is 4.90 Å². The van der Waals surface area contributed by atoms with E-state index < -0.39 is 24.0 Å². The highest BCUT2D eigenvalue weighted by molar-refractivity contribution is 6.07. The molecule has 3 aromatic rings. The van der Waals surface area contributed by atoms with Gasteiger partial charge < -0.3 is 19.3 Å². The minimum absolute atomic E-state index is 0. The third-order valence-electron chi connectivity index (χ3n) is 6.05. The molecule has 172 valence electrons. The lowest BCUT2D eigenvalue weighted by Gasteiger charge is -2.38. The summed E-state index contributed by atoms with van der Waals surface area (Å²) in [5, 5.41) is 0. The van der Waals surface area contributed by atoms with E-state index in [0.29, 0.717) is 29.9 Å². The largest absolute Gasteiger partial charge is 0.454 e. The second kappa shape index (κ2) is 10.7. The number of hydrogen-bond acceptors (Lipinski definition) is 4. The van der Waals surface area contributed by atoms with Crippen LogP contribution in [0.1, 0.15) is 35.6 Å². The maximum atomic E-state index is 13.9. The van der Waals surface area contributed by atoms with E-state index in [9.17, 15) is 4.79 Å². The summed E-state index contributed by atoms with van der Waals surface area (Å²) in [6.45, 7) is 2.44. The Morgan fingerprint density at radius 2 is 1.73 bits per heavy atom. The van der Waals surface area contributed by atoms with E-state index in [0.717, 1.165) is 26.1 Å². The standard InChI is InChI=1S/C27H28N2O3.ClH/c30-27(22-11-12-25-26(19-22)32-20-31-25)29(23-9-5-2-6-10-23)24-14-17-28(18-15-24)16-13-21-7-3-1-4-8-21;/h1-12,19,24H,13-18,20H2;1H/i2D,5D,6D,9D,10D;. The molecule has 0 unspecified atom stereocenters. The van der Waals surface area contributed by atoms with Gasteiger partial charge in [0, 0.05) is 36.9 Å². The lowest BCUT2D eigenvalue weighted by molar-refractivity contribution is 0.0960. The van der Waals surface area contributed by atoms with Crippen LogP contribution in [-0.4, -0.2) is 43.3 Å². The Bertz CT molecular complexity index is 1290. The third kappa shape index (κ3) is 5.32. The highest BCUT2D eigenvalue weighted by Gasteiger charge is 2.30. The first kappa shape index (κ1) is 17.5. The van der Waals surface area contributed by atoms with Crippen molar-refractivity contribution in [3.05, 3.63) is 89.9 Å². The van der Waals surface area contributed by atoms with Crippen LogP contribution in [0.25, 0.3) is 0 Å². The van der Waals surface area contributed by atoms with Gasteiger partial charge >= 0.3 is 0 Å². The van der Waals surface area contributed by atoms with Crippen LogP contribution in [0.4, 0.5) is 5.69 Å². The Morgan fingerprint density at radius 3 is 2.48 bits per heavy atom. The maximum Gasteiger partial charge on any atom is 0.258 e. The smallest absolute Gasteiger partial charge is 0.258 e. The number of fused-ring (bicyclic) bond motifs is 1. The number of benzene rings is 3. The molecule has 0 spiro atoms. The zero-order valence-corrected chi connectivity index (χ0v) is 19.0. The Labute approximate surface area is 208 Å². The zero-order valence-electron chi connectivity index (χ0n) is 23.2. The van der Waals surface area contributed by atoms with Gasteiger partial charge in [0.2, 0.25) is 6.79 Å². The number of likely N-dealkylation sites (tertiary alicyclic amines) is 1. The number of anilines is 1. The molecule has 0 radical (unpaired) electrons. The molecule has 33 heavy (non-hydrogen) atoms. The number of piperidine rings is 1. The lowest BCUT2D eigenvalue weighted by Crippen LogP contribution is -2.48. The molecule has 0 bridgehead atoms. The lowest BCUT2D eigenvalue weighted by atomic mass is 10.00. The molecule has 2 aliphatic heterocycles. The minimum atomic E-state index is -0.482. The number of hydrogen-bond donors (Lipinski definition) is 0. The topological polar surface area (TPSA) is 42.0 Å². The molecule has 0 saturated carbocycles. The highest BCUT2D eigenvalue weighted by Crippen LogP contribution is 2.34. The van der Waals surface area contributed by atoms with Crippen LogP contribution in [0.15, 0.2) is 78.7 Å². The average Bonchev–Trinajstić information content (AvgIpc) is 3.41. The van der Waals surface area contributed by atoms with Gasteiger partial charge in [-0.25, -0.2) is 0 Å². The van der Waals surface area contributed by atoms with Gasteiger partial charge in [-0.3, -0.25) is 4.79 Å². The molecule has 2 heterocycles. The molecule has 1 fully saturated rings. The van der Waals surface area contributed by atoms with E-state index in [1.807, 2.05) is 18.2 Å². The molecular formula is C27H29ClN2O3. The normalized spacial score (nSPS) is 17.8. The van der Waals surface area contributed by atoms with Crippen LogP contribution >= 0.6 is 12.4 Å². The quantitative estimate of drug-likeness (QED) is 0.498. The average molecular weight is 470 g/mol. The molecule has 5 nitrogen and oxygen atoms in total. The van der Waals surface area contributed by atoms with E-state index in [1.54, 1.807) is 18.2 Å². The van der Waals surface area contributed by atoms with E-state index in [2.05, 4.69) is 17.0 Å². The number of amides is 1. The first-order valence-electron chi connectivity index (χ1n) is 13.4. The Kier molecular flexibility index (Phi) is 5.68. The second-order valence-corrected chi connectivity index (χ2v) is 8.03. The fraction of sp³-hybridized carbons (Fsp3) is 0.296. The van der Waals surface area contributed by atoms with E-state index in [1.165, 1.54) is 10.5 Å². The summed E-state index contributed by atoms with van der Waals surface area (Å²) in [6, 6.07) is 12.6. The molecule has 0 aliphatic carbocycles. The van der Waals surface area contributed by atoms with Gasteiger partial charge in [-0.15, -0.1) is 12.4 Å². The van der Waals surface area contributed by atoms with E-state index in [4.69, 9.17) is 16.3 Å². The van der Waals surface area contributed by atoms with Crippen LogP contribution in [0.2, 0.25) is 0 Å². The monoisotopic (exact) mass is 469 g/mol. The fourth-order valence-corrected chi connectivity index (χ4v) is 4.32. The molecule has 0 atom stereocenters. The third-order valence-corrected chi connectivity index (χ3v) is 6.05. The SMILES string of the molecule is Cl.[2H]c1c([2H])c([2H])c(N(C(=O)c2ccc3c(c2)OCO3)C2CCN(CCc3ccccc3)CC2)c([2H])c1[2H]. The van der Waals surface area contributed by atoms with Crippen molar-refractivity contribution in [3.8, 4) is 11.5 Å². The second-order valence-electron chi connectivity index (χ2n) is 8.03. The summed E-state index contributed by atoms with van der Waals surface area (Å²) in [4.78, 5) is 17.7. The van der Waals surface area contributed by atoms with E-state index in [-0.39, 0.29) is 43.0 Å².